The van der Waals surface area contributed by atoms with Crippen LogP contribution < -0.4 is 10.9 Å². The molecule has 2 rings (SSSR count). The van der Waals surface area contributed by atoms with Crippen molar-refractivity contribution in [2.24, 2.45) is 5.92 Å². The summed E-state index contributed by atoms with van der Waals surface area (Å²) < 4.78 is 0. The Morgan fingerprint density at radius 2 is 2.38 bits per heavy atom. The molecule has 4 heteroatoms. The van der Waals surface area contributed by atoms with Crippen LogP contribution in [0.1, 0.15) is 11.4 Å². The molecule has 1 aliphatic heterocycles. The van der Waals surface area contributed by atoms with E-state index in [2.05, 4.69) is 15.3 Å². The van der Waals surface area contributed by atoms with Crippen LogP contribution in [0.15, 0.2) is 11.0 Å². The van der Waals surface area contributed by atoms with Crippen LogP contribution in [0, 0.1) is 12.8 Å². The first-order chi connectivity index (χ1) is 6.25. The minimum atomic E-state index is -0.0164. The summed E-state index contributed by atoms with van der Waals surface area (Å²) in [5.74, 6) is 1.45. The second-order valence-corrected chi connectivity index (χ2v) is 3.57. The predicted octanol–water partition coefficient (Wildman–Crippen LogP) is -0.160. The van der Waals surface area contributed by atoms with Crippen molar-refractivity contribution >= 4 is 0 Å². The van der Waals surface area contributed by atoms with Gasteiger partial charge in [-0.15, -0.1) is 0 Å². The molecule has 0 amide bonds. The Bertz CT molecular complexity index is 354. The maximum Gasteiger partial charge on any atom is 0.253 e. The van der Waals surface area contributed by atoms with Gasteiger partial charge in [-0.2, -0.15) is 0 Å². The number of nitrogens with one attached hydrogen (secondary N) is 2. The summed E-state index contributed by atoms with van der Waals surface area (Å²) in [5, 5.41) is 3.19. The largest absolute Gasteiger partial charge is 0.316 e. The first-order valence-corrected chi connectivity index (χ1v) is 4.51. The van der Waals surface area contributed by atoms with E-state index in [1.807, 2.05) is 0 Å². The highest BCUT2D eigenvalue weighted by molar-refractivity contribution is 5.03. The van der Waals surface area contributed by atoms with Gasteiger partial charge in [0.05, 0.1) is 0 Å². The van der Waals surface area contributed by atoms with E-state index in [1.165, 1.54) is 0 Å². The van der Waals surface area contributed by atoms with Crippen LogP contribution in [0.5, 0.6) is 0 Å². The minimum Gasteiger partial charge on any atom is -0.316 e. The molecule has 0 aromatic carbocycles. The monoisotopic (exact) mass is 179 g/mol. The lowest BCUT2D eigenvalue weighted by molar-refractivity contribution is 0.340. The fraction of sp³-hybridized carbons (Fsp3) is 0.556. The second-order valence-electron chi connectivity index (χ2n) is 3.57. The number of hydrogen-bond donors (Lipinski definition) is 2. The van der Waals surface area contributed by atoms with Crippen molar-refractivity contribution in [1.29, 1.82) is 0 Å². The van der Waals surface area contributed by atoms with Crippen LogP contribution in [-0.2, 0) is 6.42 Å². The summed E-state index contributed by atoms with van der Waals surface area (Å²) in [5.41, 5.74) is 0.660. The third kappa shape index (κ3) is 1.78. The topological polar surface area (TPSA) is 57.8 Å². The summed E-state index contributed by atoms with van der Waals surface area (Å²) in [7, 11) is 0. The molecule has 1 aromatic rings. The summed E-state index contributed by atoms with van der Waals surface area (Å²) in [6, 6.07) is 0. The number of hydrogen-bond acceptors (Lipinski definition) is 3. The first kappa shape index (κ1) is 8.44. The van der Waals surface area contributed by atoms with Crippen LogP contribution in [0.25, 0.3) is 0 Å². The Morgan fingerprint density at radius 1 is 1.62 bits per heavy atom. The summed E-state index contributed by atoms with van der Waals surface area (Å²) >= 11 is 0. The van der Waals surface area contributed by atoms with E-state index >= 15 is 0 Å². The maximum atomic E-state index is 11.2. The smallest absolute Gasteiger partial charge is 0.253 e. The van der Waals surface area contributed by atoms with Gasteiger partial charge in [0.1, 0.15) is 5.82 Å². The van der Waals surface area contributed by atoms with Crippen molar-refractivity contribution in [3.63, 3.8) is 0 Å². The zero-order chi connectivity index (χ0) is 9.26. The highest BCUT2D eigenvalue weighted by Crippen LogP contribution is 2.07. The molecule has 1 aromatic heterocycles. The summed E-state index contributed by atoms with van der Waals surface area (Å²) in [6.45, 7) is 3.84. The van der Waals surface area contributed by atoms with Gasteiger partial charge in [0.15, 0.2) is 0 Å². The third-order valence-corrected chi connectivity index (χ3v) is 2.38. The Balaban J connectivity index is 2.12. The van der Waals surface area contributed by atoms with E-state index < -0.39 is 0 Å². The average Bonchev–Trinajstić information content (AvgIpc) is 2.04. The van der Waals surface area contributed by atoms with E-state index in [0.29, 0.717) is 11.5 Å². The quantitative estimate of drug-likeness (QED) is 0.663. The van der Waals surface area contributed by atoms with E-state index in [9.17, 15) is 4.79 Å². The molecule has 4 nitrogen and oxygen atoms in total. The van der Waals surface area contributed by atoms with Gasteiger partial charge >= 0.3 is 0 Å². The normalized spacial score (nSPS) is 17.0. The van der Waals surface area contributed by atoms with Crippen LogP contribution in [-0.4, -0.2) is 23.1 Å². The lowest BCUT2D eigenvalue weighted by Gasteiger charge is -2.26. The summed E-state index contributed by atoms with van der Waals surface area (Å²) in [4.78, 5) is 18.2. The van der Waals surface area contributed by atoms with Gasteiger partial charge in [-0.05, 0) is 25.9 Å². The second kappa shape index (κ2) is 3.30. The number of nitrogens with zero attached hydrogens (tertiary/aromatic N) is 1. The molecule has 0 saturated carbocycles. The van der Waals surface area contributed by atoms with Gasteiger partial charge in [-0.1, -0.05) is 0 Å². The van der Waals surface area contributed by atoms with Gasteiger partial charge in [0.25, 0.3) is 5.56 Å². The minimum absolute atomic E-state index is 0.0164. The predicted molar refractivity (Wildman–Crippen MR) is 49.7 cm³/mol. The van der Waals surface area contributed by atoms with Crippen molar-refractivity contribution in [3.8, 4) is 0 Å². The van der Waals surface area contributed by atoms with Crippen molar-refractivity contribution in [3.05, 3.63) is 27.9 Å². The molecule has 0 spiro atoms. The van der Waals surface area contributed by atoms with Gasteiger partial charge < -0.3 is 10.3 Å². The molecule has 1 saturated heterocycles. The fourth-order valence-corrected chi connectivity index (χ4v) is 1.37. The van der Waals surface area contributed by atoms with Gasteiger partial charge in [-0.25, -0.2) is 4.98 Å². The zero-order valence-electron chi connectivity index (χ0n) is 7.63. The Labute approximate surface area is 76.4 Å². The molecule has 1 fully saturated rings. The van der Waals surface area contributed by atoms with Crippen LogP contribution in [0.2, 0.25) is 0 Å². The first-order valence-electron chi connectivity index (χ1n) is 4.51. The highest BCUT2D eigenvalue weighted by atomic mass is 16.1. The Hall–Kier alpha value is -1.16. The molecule has 0 unspecified atom stereocenters. The molecule has 0 atom stereocenters. The van der Waals surface area contributed by atoms with Crippen molar-refractivity contribution in [1.82, 2.24) is 15.3 Å². The number of rotatable bonds is 2. The molecule has 0 bridgehead atoms. The molecular formula is C9H13N3O. The van der Waals surface area contributed by atoms with Crippen molar-refractivity contribution in [2.75, 3.05) is 13.1 Å². The Morgan fingerprint density at radius 3 is 2.92 bits per heavy atom. The van der Waals surface area contributed by atoms with Crippen LogP contribution in [0.4, 0.5) is 0 Å². The molecule has 2 N–H and O–H groups in total. The zero-order valence-corrected chi connectivity index (χ0v) is 7.63. The van der Waals surface area contributed by atoms with Crippen molar-refractivity contribution < 1.29 is 0 Å². The molecule has 1 aliphatic rings. The fourth-order valence-electron chi connectivity index (χ4n) is 1.37. The molecule has 70 valence electrons. The lowest BCUT2D eigenvalue weighted by atomic mass is 9.99. The number of aryl methyl sites for hydroxylation is 1. The van der Waals surface area contributed by atoms with Gasteiger partial charge in [0, 0.05) is 18.2 Å². The molecule has 0 aliphatic carbocycles. The standard InChI is InChI=1S/C9H13N3O/c1-6-3-11-8(12-9(6)13)2-7-4-10-5-7/h3,7,10H,2,4-5H2,1H3,(H,11,12,13). The highest BCUT2D eigenvalue weighted by Gasteiger charge is 2.17. The van der Waals surface area contributed by atoms with E-state index in [4.69, 9.17) is 0 Å². The lowest BCUT2D eigenvalue weighted by Crippen LogP contribution is -2.43. The van der Waals surface area contributed by atoms with Gasteiger partial charge in [0.2, 0.25) is 0 Å². The summed E-state index contributed by atoms with van der Waals surface area (Å²) in [6.07, 6.45) is 2.52. The molecule has 2 heterocycles. The van der Waals surface area contributed by atoms with Crippen LogP contribution in [0.3, 0.4) is 0 Å². The Kier molecular flexibility index (Phi) is 2.14. The third-order valence-electron chi connectivity index (χ3n) is 2.38. The number of H-pyrrole nitrogens is 1. The van der Waals surface area contributed by atoms with Crippen molar-refractivity contribution in [2.45, 2.75) is 13.3 Å². The van der Waals surface area contributed by atoms with E-state index in [0.717, 1.165) is 25.3 Å². The maximum absolute atomic E-state index is 11.2. The molecule has 0 radical (unpaired) electrons. The van der Waals surface area contributed by atoms with E-state index in [1.54, 1.807) is 13.1 Å². The average molecular weight is 179 g/mol. The number of aromatic nitrogens is 2. The van der Waals surface area contributed by atoms with Gasteiger partial charge in [-0.3, -0.25) is 4.79 Å². The molecule has 13 heavy (non-hydrogen) atoms. The van der Waals surface area contributed by atoms with E-state index in [-0.39, 0.29) is 5.56 Å². The van der Waals surface area contributed by atoms with Crippen LogP contribution >= 0.6 is 0 Å². The SMILES string of the molecule is Cc1cnc(CC2CNC2)[nH]c1=O. The molecular weight excluding hydrogens is 166 g/mol. The number of aromatic amines is 1.